The van der Waals surface area contributed by atoms with Gasteiger partial charge in [-0.05, 0) is 55.2 Å². The van der Waals surface area contributed by atoms with Crippen LogP contribution in [-0.4, -0.2) is 22.4 Å². The number of carbonyl (C=O) groups excluding carboxylic acids is 1. The fraction of sp³-hybridized carbons (Fsp3) is 0.190. The average Bonchev–Trinajstić information content (AvgIpc) is 2.70. The molecular formula is C21H19ClN4O. The first-order chi connectivity index (χ1) is 13.1. The van der Waals surface area contributed by atoms with Crippen molar-refractivity contribution in [2.75, 3.05) is 16.8 Å². The number of rotatable bonds is 3. The van der Waals surface area contributed by atoms with E-state index in [-0.39, 0.29) is 5.91 Å². The lowest BCUT2D eigenvalue weighted by molar-refractivity contribution is 0.0984. The highest BCUT2D eigenvalue weighted by Crippen LogP contribution is 2.28. The number of aryl methyl sites for hydroxylation is 2. The van der Waals surface area contributed by atoms with Gasteiger partial charge < -0.3 is 10.2 Å². The van der Waals surface area contributed by atoms with E-state index in [9.17, 15) is 4.79 Å². The van der Waals surface area contributed by atoms with Gasteiger partial charge in [-0.1, -0.05) is 29.8 Å². The first kappa shape index (κ1) is 17.5. The predicted octanol–water partition coefficient (Wildman–Crippen LogP) is 4.78. The molecule has 0 atom stereocenters. The second-order valence-electron chi connectivity index (χ2n) is 6.57. The Morgan fingerprint density at radius 2 is 1.93 bits per heavy atom. The van der Waals surface area contributed by atoms with Crippen molar-refractivity contribution in [3.8, 4) is 0 Å². The number of anilines is 3. The lowest BCUT2D eigenvalue weighted by Gasteiger charge is -2.29. The van der Waals surface area contributed by atoms with E-state index in [1.165, 1.54) is 5.56 Å². The number of nitrogens with one attached hydrogen (secondary N) is 1. The van der Waals surface area contributed by atoms with Gasteiger partial charge in [0.15, 0.2) is 0 Å². The van der Waals surface area contributed by atoms with Gasteiger partial charge in [-0.15, -0.1) is 0 Å². The summed E-state index contributed by atoms with van der Waals surface area (Å²) in [6.45, 7) is 2.67. The Morgan fingerprint density at radius 3 is 2.70 bits per heavy atom. The Bertz CT molecular complexity index is 988. The third kappa shape index (κ3) is 3.64. The first-order valence-corrected chi connectivity index (χ1v) is 9.24. The van der Waals surface area contributed by atoms with Crippen molar-refractivity contribution in [2.24, 2.45) is 0 Å². The molecule has 0 aliphatic carbocycles. The number of benzene rings is 2. The van der Waals surface area contributed by atoms with Gasteiger partial charge in [0.05, 0.1) is 5.56 Å². The van der Waals surface area contributed by atoms with E-state index in [0.29, 0.717) is 23.1 Å². The van der Waals surface area contributed by atoms with Crippen molar-refractivity contribution in [3.63, 3.8) is 0 Å². The van der Waals surface area contributed by atoms with Crippen molar-refractivity contribution in [3.05, 3.63) is 76.6 Å². The van der Waals surface area contributed by atoms with Crippen LogP contribution < -0.4 is 10.2 Å². The summed E-state index contributed by atoms with van der Waals surface area (Å²) >= 11 is 5.98. The summed E-state index contributed by atoms with van der Waals surface area (Å²) in [7, 11) is 0. The Morgan fingerprint density at radius 1 is 1.15 bits per heavy atom. The molecule has 0 unspecified atom stereocenters. The molecule has 2 aromatic carbocycles. The Balaban J connectivity index is 1.53. The number of hydrogen-bond acceptors (Lipinski definition) is 4. The Kier molecular flexibility index (Phi) is 4.77. The fourth-order valence-corrected chi connectivity index (χ4v) is 3.52. The minimum atomic E-state index is -0.0728. The molecule has 2 heterocycles. The van der Waals surface area contributed by atoms with Crippen molar-refractivity contribution >= 4 is 34.8 Å². The standard InChI is InChI=1S/C21H19ClN4O/c1-14-11-17(22)8-9-18(14)25-21-23-12-16(13-24-21)20(27)26-10-4-6-15-5-2-3-7-19(15)26/h2-3,5,7-9,11-13H,4,6,10H2,1H3,(H,23,24,25). The van der Waals surface area contributed by atoms with Crippen molar-refractivity contribution < 1.29 is 4.79 Å². The second kappa shape index (κ2) is 7.37. The summed E-state index contributed by atoms with van der Waals surface area (Å²) in [5.74, 6) is 0.368. The van der Waals surface area contributed by atoms with Gasteiger partial charge >= 0.3 is 0 Å². The van der Waals surface area contributed by atoms with Crippen LogP contribution in [0.2, 0.25) is 5.02 Å². The third-order valence-corrected chi connectivity index (χ3v) is 4.92. The highest BCUT2D eigenvalue weighted by molar-refractivity contribution is 6.30. The predicted molar refractivity (Wildman–Crippen MR) is 108 cm³/mol. The van der Waals surface area contributed by atoms with Gasteiger partial charge in [-0.2, -0.15) is 0 Å². The number of aromatic nitrogens is 2. The number of carbonyl (C=O) groups is 1. The molecule has 3 aromatic rings. The van der Waals surface area contributed by atoms with Crippen LogP contribution in [0.4, 0.5) is 17.3 Å². The highest BCUT2D eigenvalue weighted by atomic mass is 35.5. The van der Waals surface area contributed by atoms with Crippen LogP contribution in [0.25, 0.3) is 0 Å². The number of halogens is 1. The third-order valence-electron chi connectivity index (χ3n) is 4.69. The largest absolute Gasteiger partial charge is 0.324 e. The molecule has 0 fully saturated rings. The van der Waals surface area contributed by atoms with Gasteiger partial charge in [0.25, 0.3) is 5.91 Å². The summed E-state index contributed by atoms with van der Waals surface area (Å²) in [5, 5.41) is 3.84. The molecule has 0 radical (unpaired) electrons. The maximum absolute atomic E-state index is 12.9. The van der Waals surface area contributed by atoms with E-state index in [4.69, 9.17) is 11.6 Å². The minimum absolute atomic E-state index is 0.0728. The monoisotopic (exact) mass is 378 g/mol. The van der Waals surface area contributed by atoms with Crippen LogP contribution in [-0.2, 0) is 6.42 Å². The molecule has 1 aliphatic heterocycles. The molecule has 136 valence electrons. The molecule has 1 amide bonds. The first-order valence-electron chi connectivity index (χ1n) is 8.87. The highest BCUT2D eigenvalue weighted by Gasteiger charge is 2.23. The SMILES string of the molecule is Cc1cc(Cl)ccc1Nc1ncc(C(=O)N2CCCc3ccccc32)cn1. The number of hydrogen-bond donors (Lipinski definition) is 1. The molecule has 0 saturated heterocycles. The molecule has 27 heavy (non-hydrogen) atoms. The van der Waals surface area contributed by atoms with E-state index in [1.807, 2.05) is 48.2 Å². The molecule has 4 rings (SSSR count). The molecule has 0 bridgehead atoms. The van der Waals surface area contributed by atoms with Gasteiger partial charge in [0.2, 0.25) is 5.95 Å². The van der Waals surface area contributed by atoms with Gasteiger partial charge in [0, 0.05) is 35.3 Å². The molecule has 1 aliphatic rings. The quantitative estimate of drug-likeness (QED) is 0.712. The fourth-order valence-electron chi connectivity index (χ4n) is 3.29. The van der Waals surface area contributed by atoms with Crippen LogP contribution >= 0.6 is 11.6 Å². The zero-order valence-electron chi connectivity index (χ0n) is 14.9. The molecule has 6 heteroatoms. The van der Waals surface area contributed by atoms with E-state index >= 15 is 0 Å². The van der Waals surface area contributed by atoms with Gasteiger partial charge in [-0.3, -0.25) is 4.79 Å². The summed E-state index contributed by atoms with van der Waals surface area (Å²) in [5.41, 5.74) is 4.53. The topological polar surface area (TPSA) is 58.1 Å². The van der Waals surface area contributed by atoms with E-state index in [0.717, 1.165) is 29.8 Å². The molecule has 1 N–H and O–H groups in total. The Labute approximate surface area is 163 Å². The summed E-state index contributed by atoms with van der Waals surface area (Å²) in [6, 6.07) is 13.6. The maximum Gasteiger partial charge on any atom is 0.261 e. The van der Waals surface area contributed by atoms with Crippen LogP contribution in [0.15, 0.2) is 54.9 Å². The van der Waals surface area contributed by atoms with E-state index < -0.39 is 0 Å². The maximum atomic E-state index is 12.9. The summed E-state index contributed by atoms with van der Waals surface area (Å²) in [6.07, 6.45) is 5.10. The van der Waals surface area contributed by atoms with E-state index in [2.05, 4.69) is 21.4 Å². The Hall–Kier alpha value is -2.92. The van der Waals surface area contributed by atoms with Crippen LogP contribution in [0, 0.1) is 6.92 Å². The minimum Gasteiger partial charge on any atom is -0.324 e. The number of fused-ring (bicyclic) bond motifs is 1. The molecular weight excluding hydrogens is 360 g/mol. The second-order valence-corrected chi connectivity index (χ2v) is 7.01. The van der Waals surface area contributed by atoms with E-state index in [1.54, 1.807) is 12.4 Å². The number of nitrogens with zero attached hydrogens (tertiary/aromatic N) is 3. The molecule has 0 saturated carbocycles. The normalized spacial score (nSPS) is 13.2. The summed E-state index contributed by atoms with van der Waals surface area (Å²) < 4.78 is 0. The lowest BCUT2D eigenvalue weighted by Crippen LogP contribution is -2.35. The average molecular weight is 379 g/mol. The van der Waals surface area contributed by atoms with Gasteiger partial charge in [0.1, 0.15) is 0 Å². The van der Waals surface area contributed by atoms with Gasteiger partial charge in [-0.25, -0.2) is 9.97 Å². The smallest absolute Gasteiger partial charge is 0.261 e. The van der Waals surface area contributed by atoms with Crippen LogP contribution in [0.1, 0.15) is 27.9 Å². The molecule has 1 aromatic heterocycles. The van der Waals surface area contributed by atoms with Crippen LogP contribution in [0.5, 0.6) is 0 Å². The number of amides is 1. The lowest BCUT2D eigenvalue weighted by atomic mass is 10.0. The van der Waals surface area contributed by atoms with Crippen molar-refractivity contribution in [1.82, 2.24) is 9.97 Å². The van der Waals surface area contributed by atoms with Crippen molar-refractivity contribution in [2.45, 2.75) is 19.8 Å². The summed E-state index contributed by atoms with van der Waals surface area (Å²) in [4.78, 5) is 23.4. The van der Waals surface area contributed by atoms with Crippen molar-refractivity contribution in [1.29, 1.82) is 0 Å². The van der Waals surface area contributed by atoms with Crippen LogP contribution in [0.3, 0.4) is 0 Å². The number of para-hydroxylation sites is 1. The molecule has 0 spiro atoms. The molecule has 5 nitrogen and oxygen atoms in total. The zero-order valence-corrected chi connectivity index (χ0v) is 15.7. The zero-order chi connectivity index (χ0) is 18.8.